The second-order valence-corrected chi connectivity index (χ2v) is 17.3. The van der Waals surface area contributed by atoms with Gasteiger partial charge >= 0.3 is 0 Å². The summed E-state index contributed by atoms with van der Waals surface area (Å²) in [7, 11) is 0. The van der Waals surface area contributed by atoms with Crippen molar-refractivity contribution in [3.05, 3.63) is 230 Å². The Bertz CT molecular complexity index is 3550. The van der Waals surface area contributed by atoms with Crippen LogP contribution in [0.25, 0.3) is 111 Å². The third-order valence-corrected chi connectivity index (χ3v) is 13.3. The van der Waals surface area contributed by atoms with Gasteiger partial charge < -0.3 is 0 Å². The molecule has 12 rings (SSSR count). The highest BCUT2D eigenvalue weighted by Crippen LogP contribution is 2.49. The number of hydrogen-bond donors (Lipinski definition) is 0. The predicted octanol–water partition coefficient (Wildman–Crippen LogP) is 16.2. The van der Waals surface area contributed by atoms with Gasteiger partial charge in [0.15, 0.2) is 5.82 Å². The lowest BCUT2D eigenvalue weighted by atomic mass is 9.82. The van der Waals surface area contributed by atoms with Crippen LogP contribution in [0.1, 0.15) is 25.0 Å². The highest BCUT2D eigenvalue weighted by Gasteiger charge is 2.35. The van der Waals surface area contributed by atoms with Gasteiger partial charge in [0, 0.05) is 22.1 Å². The van der Waals surface area contributed by atoms with Gasteiger partial charge in [-0.2, -0.15) is 0 Å². The molecule has 0 aliphatic heterocycles. The van der Waals surface area contributed by atoms with E-state index in [2.05, 4.69) is 214 Å². The summed E-state index contributed by atoms with van der Waals surface area (Å²) in [6, 6.07) is 79.1. The first-order valence-corrected chi connectivity index (χ1v) is 21.8. The van der Waals surface area contributed by atoms with Crippen LogP contribution in [0.3, 0.4) is 0 Å². The molecule has 0 spiro atoms. The largest absolute Gasteiger partial charge is 0.228 e. The summed E-state index contributed by atoms with van der Waals surface area (Å²) in [4.78, 5) is 10.3. The summed E-state index contributed by atoms with van der Waals surface area (Å²) in [6.07, 6.45) is 0. The van der Waals surface area contributed by atoms with E-state index in [0.29, 0.717) is 5.82 Å². The fourth-order valence-corrected chi connectivity index (χ4v) is 9.99. The minimum absolute atomic E-state index is 0.00722. The average molecular weight is 803 g/mol. The standard InChI is InChI=1S/C61H42N2/c1-61(2)55-19-11-10-18-51(55)54-36-47(33-35-56(54)61)41-22-28-44(29-23-41)58-38-57(62-60(63-58)46-13-4-3-5-14-46)43-26-20-39(21-27-43)40-24-30-45(31-25-40)59-50-17-9-7-15-48(50)37-53-49-16-8-6-12-42(49)32-34-52(53)59/h3-38H,1-2H3. The van der Waals surface area contributed by atoms with Crippen molar-refractivity contribution in [2.24, 2.45) is 0 Å². The molecule has 1 aliphatic carbocycles. The van der Waals surface area contributed by atoms with Crippen molar-refractivity contribution >= 4 is 32.3 Å². The van der Waals surface area contributed by atoms with Crippen LogP contribution in [0.4, 0.5) is 0 Å². The number of rotatable bonds is 6. The molecule has 1 aliphatic rings. The van der Waals surface area contributed by atoms with E-state index in [4.69, 9.17) is 9.97 Å². The average Bonchev–Trinajstić information content (AvgIpc) is 3.58. The summed E-state index contributed by atoms with van der Waals surface area (Å²) in [5.41, 5.74) is 17.5. The summed E-state index contributed by atoms with van der Waals surface area (Å²) < 4.78 is 0. The number of fused-ring (bicyclic) bond motifs is 7. The number of aromatic nitrogens is 2. The first-order valence-electron chi connectivity index (χ1n) is 21.8. The smallest absolute Gasteiger partial charge is 0.160 e. The maximum Gasteiger partial charge on any atom is 0.160 e. The van der Waals surface area contributed by atoms with Gasteiger partial charge in [-0.25, -0.2) is 9.97 Å². The maximum absolute atomic E-state index is 5.13. The Hall–Kier alpha value is -7.94. The van der Waals surface area contributed by atoms with Gasteiger partial charge in [0.1, 0.15) is 0 Å². The van der Waals surface area contributed by atoms with Gasteiger partial charge in [-0.1, -0.05) is 214 Å². The minimum Gasteiger partial charge on any atom is -0.228 e. The van der Waals surface area contributed by atoms with Gasteiger partial charge in [-0.05, 0) is 106 Å². The molecule has 1 heterocycles. The van der Waals surface area contributed by atoms with Crippen LogP contribution in [-0.4, -0.2) is 9.97 Å². The van der Waals surface area contributed by atoms with E-state index in [9.17, 15) is 0 Å². The monoisotopic (exact) mass is 802 g/mol. The molecule has 296 valence electrons. The molecule has 63 heavy (non-hydrogen) atoms. The van der Waals surface area contributed by atoms with Crippen molar-refractivity contribution < 1.29 is 0 Å². The fourth-order valence-electron chi connectivity index (χ4n) is 9.99. The highest BCUT2D eigenvalue weighted by molar-refractivity contribution is 6.20. The van der Waals surface area contributed by atoms with E-state index >= 15 is 0 Å². The molecule has 11 aromatic rings. The van der Waals surface area contributed by atoms with Crippen LogP contribution in [0.15, 0.2) is 218 Å². The molecule has 0 fully saturated rings. The fraction of sp³-hybridized carbons (Fsp3) is 0.0492. The van der Waals surface area contributed by atoms with Crippen LogP contribution in [0.2, 0.25) is 0 Å². The molecule has 0 unspecified atom stereocenters. The second-order valence-electron chi connectivity index (χ2n) is 17.3. The first kappa shape index (κ1) is 36.9. The van der Waals surface area contributed by atoms with Crippen molar-refractivity contribution in [2.45, 2.75) is 19.3 Å². The molecule has 0 amide bonds. The molecule has 0 saturated carbocycles. The minimum atomic E-state index is -0.00722. The van der Waals surface area contributed by atoms with Gasteiger partial charge in [-0.15, -0.1) is 0 Å². The molecule has 0 saturated heterocycles. The SMILES string of the molecule is CC1(C)c2ccccc2-c2cc(-c3ccc(-c4cc(-c5ccc(-c6ccc(-c7c8ccccc8cc8c7ccc7ccccc78)cc6)cc5)nc(-c5ccccc5)n4)cc3)ccc21. The highest BCUT2D eigenvalue weighted by atomic mass is 14.9. The van der Waals surface area contributed by atoms with Crippen molar-refractivity contribution in [3.8, 4) is 78.4 Å². The molecule has 1 aromatic heterocycles. The van der Waals surface area contributed by atoms with Crippen LogP contribution in [0.5, 0.6) is 0 Å². The first-order chi connectivity index (χ1) is 31.0. The van der Waals surface area contributed by atoms with Crippen LogP contribution < -0.4 is 0 Å². The Morgan fingerprint density at radius 1 is 0.302 bits per heavy atom. The van der Waals surface area contributed by atoms with Crippen molar-refractivity contribution in [1.82, 2.24) is 9.97 Å². The summed E-state index contributed by atoms with van der Waals surface area (Å²) >= 11 is 0. The van der Waals surface area contributed by atoms with Crippen LogP contribution >= 0.6 is 0 Å². The summed E-state index contributed by atoms with van der Waals surface area (Å²) in [6.45, 7) is 4.66. The number of hydrogen-bond acceptors (Lipinski definition) is 2. The molecule has 10 aromatic carbocycles. The molecular weight excluding hydrogens is 761 g/mol. The Labute approximate surface area is 367 Å². The molecule has 0 N–H and O–H groups in total. The Morgan fingerprint density at radius 2 is 0.825 bits per heavy atom. The van der Waals surface area contributed by atoms with Crippen molar-refractivity contribution in [3.63, 3.8) is 0 Å². The number of benzene rings is 10. The van der Waals surface area contributed by atoms with Crippen molar-refractivity contribution in [1.29, 1.82) is 0 Å². The Balaban J connectivity index is 0.869. The van der Waals surface area contributed by atoms with E-state index in [1.54, 1.807) is 0 Å². The quantitative estimate of drug-likeness (QED) is 0.124. The van der Waals surface area contributed by atoms with E-state index in [1.165, 1.54) is 82.4 Å². The van der Waals surface area contributed by atoms with E-state index in [0.717, 1.165) is 33.6 Å². The topological polar surface area (TPSA) is 25.8 Å². The molecular formula is C61H42N2. The van der Waals surface area contributed by atoms with Gasteiger partial charge in [0.05, 0.1) is 11.4 Å². The molecule has 0 atom stereocenters. The Kier molecular flexibility index (Phi) is 8.55. The van der Waals surface area contributed by atoms with Gasteiger partial charge in [-0.3, -0.25) is 0 Å². The predicted molar refractivity (Wildman–Crippen MR) is 265 cm³/mol. The lowest BCUT2D eigenvalue weighted by molar-refractivity contribution is 0.660. The van der Waals surface area contributed by atoms with Crippen molar-refractivity contribution in [2.75, 3.05) is 0 Å². The molecule has 2 heteroatoms. The molecule has 0 radical (unpaired) electrons. The molecule has 2 nitrogen and oxygen atoms in total. The number of nitrogens with zero attached hydrogens (tertiary/aromatic N) is 2. The maximum atomic E-state index is 5.13. The van der Waals surface area contributed by atoms with E-state index < -0.39 is 0 Å². The third-order valence-electron chi connectivity index (χ3n) is 13.3. The zero-order valence-corrected chi connectivity index (χ0v) is 35.2. The lowest BCUT2D eigenvalue weighted by Gasteiger charge is -2.21. The summed E-state index contributed by atoms with van der Waals surface area (Å²) in [5, 5.41) is 7.62. The Morgan fingerprint density at radius 3 is 1.52 bits per heavy atom. The lowest BCUT2D eigenvalue weighted by Crippen LogP contribution is -2.14. The summed E-state index contributed by atoms with van der Waals surface area (Å²) in [5.74, 6) is 0.709. The zero-order chi connectivity index (χ0) is 42.1. The third kappa shape index (κ3) is 6.25. The second kappa shape index (κ2) is 14.6. The van der Waals surface area contributed by atoms with Crippen LogP contribution in [0, 0.1) is 0 Å². The van der Waals surface area contributed by atoms with Gasteiger partial charge in [0.25, 0.3) is 0 Å². The zero-order valence-electron chi connectivity index (χ0n) is 35.2. The molecule has 0 bridgehead atoms. The normalized spacial score (nSPS) is 12.7. The van der Waals surface area contributed by atoms with E-state index in [1.807, 2.05) is 18.2 Å². The van der Waals surface area contributed by atoms with Gasteiger partial charge in [0.2, 0.25) is 0 Å². The van der Waals surface area contributed by atoms with E-state index in [-0.39, 0.29) is 5.41 Å². The van der Waals surface area contributed by atoms with Crippen LogP contribution in [-0.2, 0) is 5.41 Å².